The third kappa shape index (κ3) is 3.97. The van der Waals surface area contributed by atoms with Gasteiger partial charge in [-0.2, -0.15) is 5.10 Å². The number of aliphatic hydroxyl groups is 1. The van der Waals surface area contributed by atoms with Crippen molar-refractivity contribution in [3.05, 3.63) is 17.5 Å². The molecule has 0 spiro atoms. The molecule has 3 nitrogen and oxygen atoms in total. The van der Waals surface area contributed by atoms with Crippen molar-refractivity contribution in [2.24, 2.45) is 7.05 Å². The van der Waals surface area contributed by atoms with Crippen molar-refractivity contribution >= 4 is 0 Å². The molecule has 1 unspecified atom stereocenters. The molecule has 3 heteroatoms. The summed E-state index contributed by atoms with van der Waals surface area (Å²) in [6.07, 6.45) is 6.68. The maximum atomic E-state index is 10.0. The Bertz CT molecular complexity index is 307. The van der Waals surface area contributed by atoms with E-state index in [2.05, 4.69) is 12.0 Å². The molecule has 0 saturated carbocycles. The summed E-state index contributed by atoms with van der Waals surface area (Å²) < 4.78 is 1.78. The molecule has 16 heavy (non-hydrogen) atoms. The topological polar surface area (TPSA) is 38.1 Å². The second-order valence-electron chi connectivity index (χ2n) is 4.55. The highest BCUT2D eigenvalue weighted by atomic mass is 16.3. The standard InChI is InChI=1S/C13H24N2O/c1-4-5-6-7-8-9-13(16)12-10-11(2)14-15(12)3/h10,13,16H,4-9H2,1-3H3. The fourth-order valence-electron chi connectivity index (χ4n) is 2.03. The van der Waals surface area contributed by atoms with E-state index >= 15 is 0 Å². The van der Waals surface area contributed by atoms with Gasteiger partial charge in [0.1, 0.15) is 0 Å². The van der Waals surface area contributed by atoms with Gasteiger partial charge in [0, 0.05) is 7.05 Å². The van der Waals surface area contributed by atoms with Crippen LogP contribution >= 0.6 is 0 Å². The predicted molar refractivity (Wildman–Crippen MR) is 66.3 cm³/mol. The molecule has 1 aromatic rings. The largest absolute Gasteiger partial charge is 0.387 e. The first-order valence-corrected chi connectivity index (χ1v) is 6.33. The zero-order valence-electron chi connectivity index (χ0n) is 10.7. The second-order valence-corrected chi connectivity index (χ2v) is 4.55. The van der Waals surface area contributed by atoms with Crippen LogP contribution in [-0.4, -0.2) is 14.9 Å². The molecule has 1 aromatic heterocycles. The van der Waals surface area contributed by atoms with Crippen molar-refractivity contribution in [1.29, 1.82) is 0 Å². The van der Waals surface area contributed by atoms with Crippen molar-refractivity contribution in [3.63, 3.8) is 0 Å². The summed E-state index contributed by atoms with van der Waals surface area (Å²) in [5, 5.41) is 14.3. The maximum Gasteiger partial charge on any atom is 0.0956 e. The molecule has 0 radical (unpaired) electrons. The highest BCUT2D eigenvalue weighted by molar-refractivity contribution is 5.11. The summed E-state index contributed by atoms with van der Waals surface area (Å²) in [4.78, 5) is 0. The van der Waals surface area contributed by atoms with Gasteiger partial charge in [-0.05, 0) is 19.4 Å². The lowest BCUT2D eigenvalue weighted by molar-refractivity contribution is 0.154. The minimum absolute atomic E-state index is 0.354. The number of aryl methyl sites for hydroxylation is 2. The fraction of sp³-hybridized carbons (Fsp3) is 0.769. The molecule has 0 saturated heterocycles. The van der Waals surface area contributed by atoms with Gasteiger partial charge >= 0.3 is 0 Å². The Morgan fingerprint density at radius 2 is 2.00 bits per heavy atom. The van der Waals surface area contributed by atoms with E-state index < -0.39 is 0 Å². The zero-order valence-corrected chi connectivity index (χ0v) is 10.7. The first-order chi connectivity index (χ1) is 7.65. The van der Waals surface area contributed by atoms with Crippen molar-refractivity contribution in [2.45, 2.75) is 58.5 Å². The Balaban J connectivity index is 2.29. The van der Waals surface area contributed by atoms with Gasteiger partial charge in [0.15, 0.2) is 0 Å². The van der Waals surface area contributed by atoms with Crippen LogP contribution in [0.2, 0.25) is 0 Å². The Morgan fingerprint density at radius 1 is 1.31 bits per heavy atom. The van der Waals surface area contributed by atoms with Crippen LogP contribution in [0.25, 0.3) is 0 Å². The van der Waals surface area contributed by atoms with Crippen LogP contribution in [0, 0.1) is 6.92 Å². The number of aromatic nitrogens is 2. The number of unbranched alkanes of at least 4 members (excludes halogenated alkanes) is 4. The van der Waals surface area contributed by atoms with Crippen molar-refractivity contribution < 1.29 is 5.11 Å². The van der Waals surface area contributed by atoms with Crippen LogP contribution in [0.4, 0.5) is 0 Å². The number of hydrogen-bond acceptors (Lipinski definition) is 2. The molecule has 0 aromatic carbocycles. The zero-order chi connectivity index (χ0) is 12.0. The van der Waals surface area contributed by atoms with Crippen molar-refractivity contribution in [2.75, 3.05) is 0 Å². The summed E-state index contributed by atoms with van der Waals surface area (Å²) in [6.45, 7) is 4.17. The Hall–Kier alpha value is -0.830. The van der Waals surface area contributed by atoms with Crippen LogP contribution in [0.5, 0.6) is 0 Å². The van der Waals surface area contributed by atoms with Crippen molar-refractivity contribution in [3.8, 4) is 0 Å². The molecule has 0 aliphatic rings. The third-order valence-corrected chi connectivity index (χ3v) is 2.96. The van der Waals surface area contributed by atoms with E-state index in [9.17, 15) is 5.11 Å². The average Bonchev–Trinajstić information content (AvgIpc) is 2.57. The molecule has 1 rings (SSSR count). The lowest BCUT2D eigenvalue weighted by Crippen LogP contribution is -2.05. The molecule has 92 valence electrons. The van der Waals surface area contributed by atoms with Gasteiger partial charge in [-0.3, -0.25) is 4.68 Å². The lowest BCUT2D eigenvalue weighted by atomic mass is 10.1. The lowest BCUT2D eigenvalue weighted by Gasteiger charge is -2.10. The molecule has 0 bridgehead atoms. The molecule has 0 aliphatic carbocycles. The molecule has 1 heterocycles. The molecule has 0 amide bonds. The van der Waals surface area contributed by atoms with Gasteiger partial charge in [0.05, 0.1) is 17.5 Å². The van der Waals surface area contributed by atoms with Gasteiger partial charge in [0.25, 0.3) is 0 Å². The van der Waals surface area contributed by atoms with Gasteiger partial charge < -0.3 is 5.11 Å². The molecular formula is C13H24N2O. The van der Waals surface area contributed by atoms with Crippen molar-refractivity contribution in [1.82, 2.24) is 9.78 Å². The van der Waals surface area contributed by atoms with Crippen LogP contribution in [-0.2, 0) is 7.05 Å². The summed E-state index contributed by atoms with van der Waals surface area (Å²) in [7, 11) is 1.89. The number of hydrogen-bond donors (Lipinski definition) is 1. The van der Waals surface area contributed by atoms with E-state index in [0.717, 1.165) is 24.2 Å². The highest BCUT2D eigenvalue weighted by Crippen LogP contribution is 2.20. The SMILES string of the molecule is CCCCCCCC(O)c1cc(C)nn1C. The predicted octanol–water partition coefficient (Wildman–Crippen LogP) is 3.12. The monoisotopic (exact) mass is 224 g/mol. The molecule has 1 atom stereocenters. The molecular weight excluding hydrogens is 200 g/mol. The van der Waals surface area contributed by atoms with E-state index in [0.29, 0.717) is 0 Å². The third-order valence-electron chi connectivity index (χ3n) is 2.96. The first kappa shape index (κ1) is 13.2. The van der Waals surface area contributed by atoms with E-state index in [1.165, 1.54) is 25.7 Å². The molecule has 0 fully saturated rings. The molecule has 0 aliphatic heterocycles. The van der Waals surface area contributed by atoms with Gasteiger partial charge in [-0.15, -0.1) is 0 Å². The Morgan fingerprint density at radius 3 is 2.56 bits per heavy atom. The normalized spacial score (nSPS) is 13.0. The van der Waals surface area contributed by atoms with Crippen LogP contribution in [0.1, 0.15) is 62.9 Å². The second kappa shape index (κ2) is 6.69. The highest BCUT2D eigenvalue weighted by Gasteiger charge is 2.12. The van der Waals surface area contributed by atoms with Gasteiger partial charge in [-0.1, -0.05) is 39.0 Å². The van der Waals surface area contributed by atoms with Gasteiger partial charge in [0.2, 0.25) is 0 Å². The number of rotatable bonds is 7. The van der Waals surface area contributed by atoms with Crippen LogP contribution in [0.3, 0.4) is 0 Å². The smallest absolute Gasteiger partial charge is 0.0956 e. The van der Waals surface area contributed by atoms with E-state index in [1.54, 1.807) is 4.68 Å². The summed E-state index contributed by atoms with van der Waals surface area (Å²) in [5.74, 6) is 0. The number of aliphatic hydroxyl groups excluding tert-OH is 1. The number of nitrogens with zero attached hydrogens (tertiary/aromatic N) is 2. The minimum Gasteiger partial charge on any atom is -0.387 e. The van der Waals surface area contributed by atoms with Crippen LogP contribution in [0.15, 0.2) is 6.07 Å². The summed E-state index contributed by atoms with van der Waals surface area (Å²) in [5.41, 5.74) is 1.91. The Kier molecular flexibility index (Phi) is 5.53. The average molecular weight is 224 g/mol. The fourth-order valence-corrected chi connectivity index (χ4v) is 2.03. The maximum absolute atomic E-state index is 10.0. The van der Waals surface area contributed by atoms with E-state index in [4.69, 9.17) is 0 Å². The molecule has 1 N–H and O–H groups in total. The van der Waals surface area contributed by atoms with E-state index in [1.807, 2.05) is 20.0 Å². The van der Waals surface area contributed by atoms with Gasteiger partial charge in [-0.25, -0.2) is 0 Å². The quantitative estimate of drug-likeness (QED) is 0.723. The first-order valence-electron chi connectivity index (χ1n) is 6.33. The minimum atomic E-state index is -0.354. The summed E-state index contributed by atoms with van der Waals surface area (Å²) in [6, 6.07) is 1.97. The van der Waals surface area contributed by atoms with Crippen LogP contribution < -0.4 is 0 Å². The van der Waals surface area contributed by atoms with E-state index in [-0.39, 0.29) is 6.10 Å². The summed E-state index contributed by atoms with van der Waals surface area (Å²) >= 11 is 0. The Labute approximate surface area is 98.5 Å².